The Balaban J connectivity index is 1.35. The molecule has 41 heavy (non-hydrogen) atoms. The molecule has 3 aromatic carbocycles. The van der Waals surface area contributed by atoms with E-state index in [2.05, 4.69) is 10.6 Å². The molecule has 2 atom stereocenters. The Morgan fingerprint density at radius 2 is 1.56 bits per heavy atom. The molecule has 4 amide bonds. The molecule has 0 bridgehead atoms. The highest BCUT2D eigenvalue weighted by Gasteiger charge is 2.40. The lowest BCUT2D eigenvalue weighted by Crippen LogP contribution is -2.47. The van der Waals surface area contributed by atoms with Crippen LogP contribution in [0.1, 0.15) is 21.5 Å². The summed E-state index contributed by atoms with van der Waals surface area (Å²) in [5, 5.41) is 6.27. The summed E-state index contributed by atoms with van der Waals surface area (Å²) in [5.41, 5.74) is 7.12. The van der Waals surface area contributed by atoms with Gasteiger partial charge in [0, 0.05) is 27.6 Å². The number of benzene rings is 3. The second-order valence-electron chi connectivity index (χ2n) is 9.01. The molecule has 0 radical (unpaired) electrons. The van der Waals surface area contributed by atoms with Crippen molar-refractivity contribution >= 4 is 59.0 Å². The van der Waals surface area contributed by atoms with E-state index in [1.807, 2.05) is 30.3 Å². The van der Waals surface area contributed by atoms with Gasteiger partial charge in [-0.05, 0) is 53.9 Å². The molecule has 10 nitrogen and oxygen atoms in total. The maximum atomic E-state index is 13.3. The lowest BCUT2D eigenvalue weighted by molar-refractivity contribution is -0.147. The zero-order valence-electron chi connectivity index (χ0n) is 21.7. The highest BCUT2D eigenvalue weighted by Crippen LogP contribution is 2.31. The van der Waals surface area contributed by atoms with Crippen LogP contribution in [0.5, 0.6) is 0 Å². The smallest absolute Gasteiger partial charge is 0.335 e. The van der Waals surface area contributed by atoms with Crippen molar-refractivity contribution in [1.82, 2.24) is 19.8 Å². The Bertz CT molecular complexity index is 1380. The number of nitrogens with zero attached hydrogens (tertiary/aromatic N) is 2. The van der Waals surface area contributed by atoms with E-state index >= 15 is 0 Å². The number of amides is 4. The van der Waals surface area contributed by atoms with E-state index in [9.17, 15) is 19.2 Å². The Hall–Kier alpha value is -3.77. The van der Waals surface area contributed by atoms with Crippen molar-refractivity contribution in [2.45, 2.75) is 24.5 Å². The first-order chi connectivity index (χ1) is 19.7. The molecule has 1 unspecified atom stereocenters. The first kappa shape index (κ1) is 30.2. The van der Waals surface area contributed by atoms with Crippen molar-refractivity contribution in [3.8, 4) is 0 Å². The van der Waals surface area contributed by atoms with Crippen LogP contribution in [0.25, 0.3) is 0 Å². The number of ether oxygens (including phenoxy) is 1. The number of hydrogen-bond acceptors (Lipinski definition) is 7. The molecule has 1 saturated heterocycles. The minimum atomic E-state index is -0.875. The number of rotatable bonds is 11. The number of nitrogens with one attached hydrogen (secondary N) is 2. The van der Waals surface area contributed by atoms with Gasteiger partial charge in [0.2, 0.25) is 5.91 Å². The van der Waals surface area contributed by atoms with Crippen LogP contribution in [0.2, 0.25) is 10.0 Å². The number of carbonyl (C=O) groups is 4. The maximum Gasteiger partial charge on any atom is 0.335 e. The quantitative estimate of drug-likeness (QED) is 0.221. The lowest BCUT2D eigenvalue weighted by atomic mass is 10.1. The van der Waals surface area contributed by atoms with Gasteiger partial charge in [-0.15, -0.1) is 0 Å². The van der Waals surface area contributed by atoms with Crippen LogP contribution >= 0.6 is 35.1 Å². The highest BCUT2D eigenvalue weighted by atomic mass is 35.5. The minimum absolute atomic E-state index is 0.216. The monoisotopic (exact) mass is 615 g/mol. The summed E-state index contributed by atoms with van der Waals surface area (Å²) in [4.78, 5) is 52.1. The average Bonchev–Trinajstić information content (AvgIpc) is 3.25. The number of urea groups is 1. The van der Waals surface area contributed by atoms with Crippen LogP contribution in [-0.4, -0.2) is 57.8 Å². The fourth-order valence-electron chi connectivity index (χ4n) is 3.79. The zero-order chi connectivity index (χ0) is 29.4. The fraction of sp³-hybridized carbons (Fsp3) is 0.214. The Morgan fingerprint density at radius 3 is 2.22 bits per heavy atom. The molecule has 3 aromatic rings. The average molecular weight is 617 g/mol. The van der Waals surface area contributed by atoms with E-state index in [1.165, 1.54) is 9.21 Å². The molecular weight excluding hydrogens is 589 g/mol. The number of esters is 1. The van der Waals surface area contributed by atoms with Gasteiger partial charge in [0.25, 0.3) is 5.91 Å². The third kappa shape index (κ3) is 8.61. The molecule has 1 aliphatic rings. The molecule has 1 heterocycles. The third-order valence-electron chi connectivity index (χ3n) is 5.98. The molecule has 1 aliphatic heterocycles. The van der Waals surface area contributed by atoms with Crippen molar-refractivity contribution < 1.29 is 23.9 Å². The van der Waals surface area contributed by atoms with Crippen LogP contribution in [0, 0.1) is 0 Å². The summed E-state index contributed by atoms with van der Waals surface area (Å²) in [7, 11) is 0. The lowest BCUT2D eigenvalue weighted by Gasteiger charge is -2.22. The molecular formula is C28H27Cl2N5O5S. The summed E-state index contributed by atoms with van der Waals surface area (Å²) in [6, 6.07) is 21.2. The van der Waals surface area contributed by atoms with Gasteiger partial charge in [-0.1, -0.05) is 65.7 Å². The molecule has 0 saturated carbocycles. The van der Waals surface area contributed by atoms with Gasteiger partial charge in [0.1, 0.15) is 6.54 Å². The summed E-state index contributed by atoms with van der Waals surface area (Å²) < 4.78 is 6.72. The topological polar surface area (TPSA) is 134 Å². The van der Waals surface area contributed by atoms with Crippen LogP contribution in [-0.2, 0) is 27.3 Å². The SMILES string of the molecule is N[C@@H](Cc1ccccc1)C(=O)NCC(=O)OCN1C(=O)N(Cc2ccc(Cl)cc2)SC1NC(=O)c1ccc(Cl)cc1. The second kappa shape index (κ2) is 14.2. The van der Waals surface area contributed by atoms with Crippen molar-refractivity contribution in [1.29, 1.82) is 0 Å². The van der Waals surface area contributed by atoms with Gasteiger partial charge in [0.15, 0.2) is 12.2 Å². The first-order valence-corrected chi connectivity index (χ1v) is 14.1. The Morgan fingerprint density at radius 1 is 0.927 bits per heavy atom. The van der Waals surface area contributed by atoms with Crippen LogP contribution in [0.4, 0.5) is 4.79 Å². The third-order valence-corrected chi connectivity index (χ3v) is 7.59. The van der Waals surface area contributed by atoms with Crippen LogP contribution in [0.3, 0.4) is 0 Å². The van der Waals surface area contributed by atoms with Gasteiger partial charge in [-0.25, -0.2) is 4.79 Å². The van der Waals surface area contributed by atoms with E-state index in [0.29, 0.717) is 22.0 Å². The summed E-state index contributed by atoms with van der Waals surface area (Å²) in [6.07, 6.45) is 0.305. The second-order valence-corrected chi connectivity index (χ2v) is 11.0. The van der Waals surface area contributed by atoms with E-state index in [4.69, 9.17) is 33.7 Å². The predicted molar refractivity (Wildman–Crippen MR) is 157 cm³/mol. The molecule has 0 spiro atoms. The van der Waals surface area contributed by atoms with Crippen molar-refractivity contribution in [2.75, 3.05) is 13.3 Å². The van der Waals surface area contributed by atoms with Crippen LogP contribution in [0.15, 0.2) is 78.9 Å². The minimum Gasteiger partial charge on any atom is -0.443 e. The van der Waals surface area contributed by atoms with Gasteiger partial charge in [-0.3, -0.25) is 23.6 Å². The summed E-state index contributed by atoms with van der Waals surface area (Å²) >= 11 is 13.0. The van der Waals surface area contributed by atoms with E-state index < -0.39 is 48.6 Å². The number of hydrogen-bond donors (Lipinski definition) is 3. The number of nitrogens with two attached hydrogens (primary N) is 1. The standard InChI is InChI=1S/C28H27Cl2N5O5S/c29-21-10-6-19(7-11-21)16-35-28(39)34(27(41-35)33-25(37)20-8-12-22(30)13-9-20)17-40-24(36)15-32-26(38)23(31)14-18-4-2-1-3-5-18/h1-13,23,27H,14-17,31H2,(H,32,38)(H,33,37)/t23-,27?/m0/s1. The Kier molecular flexibility index (Phi) is 10.5. The molecule has 0 aromatic heterocycles. The number of halogens is 2. The van der Waals surface area contributed by atoms with E-state index in [1.54, 1.807) is 48.5 Å². The normalized spacial score (nSPS) is 15.4. The largest absolute Gasteiger partial charge is 0.443 e. The highest BCUT2D eigenvalue weighted by molar-refractivity contribution is 7.98. The zero-order valence-corrected chi connectivity index (χ0v) is 24.0. The maximum absolute atomic E-state index is 13.3. The first-order valence-electron chi connectivity index (χ1n) is 12.5. The van der Waals surface area contributed by atoms with Crippen molar-refractivity contribution in [3.05, 3.63) is 106 Å². The van der Waals surface area contributed by atoms with Crippen molar-refractivity contribution in [2.24, 2.45) is 5.73 Å². The summed E-state index contributed by atoms with van der Waals surface area (Å²) in [5.74, 6) is -1.74. The van der Waals surface area contributed by atoms with Gasteiger partial charge in [0.05, 0.1) is 12.6 Å². The van der Waals surface area contributed by atoms with Gasteiger partial charge >= 0.3 is 12.0 Å². The van der Waals surface area contributed by atoms with E-state index in [0.717, 1.165) is 23.1 Å². The molecule has 1 fully saturated rings. The van der Waals surface area contributed by atoms with Gasteiger partial charge in [-0.2, -0.15) is 0 Å². The molecule has 0 aliphatic carbocycles. The Labute approximate surface area is 251 Å². The summed E-state index contributed by atoms with van der Waals surface area (Å²) in [6.45, 7) is -0.681. The fourth-order valence-corrected chi connectivity index (χ4v) is 5.13. The van der Waals surface area contributed by atoms with Crippen molar-refractivity contribution in [3.63, 3.8) is 0 Å². The molecule has 214 valence electrons. The predicted octanol–water partition coefficient (Wildman–Crippen LogP) is 3.78. The molecule has 13 heteroatoms. The molecule has 4 rings (SSSR count). The molecule has 4 N–H and O–H groups in total. The van der Waals surface area contributed by atoms with E-state index in [-0.39, 0.29) is 6.54 Å². The van der Waals surface area contributed by atoms with Gasteiger partial charge < -0.3 is 21.1 Å². The number of carbonyl (C=O) groups excluding carboxylic acids is 4. The van der Waals surface area contributed by atoms with Crippen LogP contribution < -0.4 is 16.4 Å².